The summed E-state index contributed by atoms with van der Waals surface area (Å²) in [6.07, 6.45) is 0.550. The van der Waals surface area contributed by atoms with Crippen molar-refractivity contribution in [1.29, 1.82) is 5.26 Å². The fourth-order valence-electron chi connectivity index (χ4n) is 1.65. The molecule has 16 heavy (non-hydrogen) atoms. The van der Waals surface area contributed by atoms with Gasteiger partial charge >= 0.3 is 0 Å². The van der Waals surface area contributed by atoms with Crippen LogP contribution in [-0.4, -0.2) is 13.0 Å². The lowest BCUT2D eigenvalue weighted by atomic mass is 10.1. The summed E-state index contributed by atoms with van der Waals surface area (Å²) in [5, 5.41) is 8.44. The predicted molar refractivity (Wildman–Crippen MR) is 64.2 cm³/mol. The smallest absolute Gasteiger partial charge is 0.227 e. The van der Waals surface area contributed by atoms with Crippen LogP contribution in [-0.2, 0) is 4.79 Å². The summed E-state index contributed by atoms with van der Waals surface area (Å²) in [6, 6.07) is 7.95. The molecule has 1 aromatic rings. The van der Waals surface area contributed by atoms with Gasteiger partial charge < -0.3 is 4.90 Å². The minimum Gasteiger partial charge on any atom is -0.315 e. The van der Waals surface area contributed by atoms with E-state index in [1.165, 1.54) is 5.56 Å². The van der Waals surface area contributed by atoms with Gasteiger partial charge in [0, 0.05) is 25.6 Å². The summed E-state index contributed by atoms with van der Waals surface area (Å²) < 4.78 is 0. The lowest BCUT2D eigenvalue weighted by molar-refractivity contribution is -0.118. The highest BCUT2D eigenvalue weighted by Crippen LogP contribution is 2.20. The van der Waals surface area contributed by atoms with E-state index in [9.17, 15) is 4.79 Å². The average molecular weight is 216 g/mol. The van der Waals surface area contributed by atoms with E-state index in [-0.39, 0.29) is 18.7 Å². The van der Waals surface area contributed by atoms with E-state index < -0.39 is 0 Å². The van der Waals surface area contributed by atoms with Crippen LogP contribution in [0.3, 0.4) is 0 Å². The van der Waals surface area contributed by atoms with Crippen molar-refractivity contribution in [3.8, 4) is 6.07 Å². The van der Waals surface area contributed by atoms with Crippen LogP contribution >= 0.6 is 0 Å². The Morgan fingerprint density at radius 2 is 2.12 bits per heavy atom. The highest BCUT2D eigenvalue weighted by Gasteiger charge is 2.12. The molecular weight excluding hydrogens is 200 g/mol. The summed E-state index contributed by atoms with van der Waals surface area (Å²) in [5.74, 6) is -0.0199. The van der Waals surface area contributed by atoms with Crippen LogP contribution in [0.5, 0.6) is 0 Å². The van der Waals surface area contributed by atoms with Crippen molar-refractivity contribution in [3.05, 3.63) is 29.3 Å². The molecule has 3 heteroatoms. The summed E-state index contributed by atoms with van der Waals surface area (Å²) in [4.78, 5) is 13.3. The number of benzene rings is 1. The second-order valence-electron chi connectivity index (χ2n) is 3.90. The van der Waals surface area contributed by atoms with Crippen LogP contribution in [0.15, 0.2) is 18.2 Å². The Balaban J connectivity index is 2.84. The quantitative estimate of drug-likeness (QED) is 0.779. The largest absolute Gasteiger partial charge is 0.315 e. The summed E-state index contributed by atoms with van der Waals surface area (Å²) >= 11 is 0. The van der Waals surface area contributed by atoms with Gasteiger partial charge in [-0.2, -0.15) is 5.26 Å². The second-order valence-corrected chi connectivity index (χ2v) is 3.90. The third-order valence-corrected chi connectivity index (χ3v) is 2.54. The first-order chi connectivity index (χ1) is 7.56. The molecule has 0 fully saturated rings. The first-order valence-corrected chi connectivity index (χ1v) is 5.27. The molecule has 1 amide bonds. The van der Waals surface area contributed by atoms with Gasteiger partial charge in [0.1, 0.15) is 0 Å². The molecule has 0 atom stereocenters. The predicted octanol–water partition coefficient (Wildman–Crippen LogP) is 2.57. The fourth-order valence-corrected chi connectivity index (χ4v) is 1.65. The molecule has 0 bridgehead atoms. The first kappa shape index (κ1) is 12.3. The lowest BCUT2D eigenvalue weighted by Crippen LogP contribution is -2.26. The zero-order chi connectivity index (χ0) is 12.1. The maximum Gasteiger partial charge on any atom is 0.227 e. The number of nitriles is 1. The number of nitrogens with zero attached hydrogens (tertiary/aromatic N) is 2. The molecule has 0 N–H and O–H groups in total. The van der Waals surface area contributed by atoms with E-state index in [1.807, 2.05) is 38.1 Å². The zero-order valence-electron chi connectivity index (χ0n) is 9.95. The van der Waals surface area contributed by atoms with Crippen LogP contribution in [0, 0.1) is 25.2 Å². The Morgan fingerprint density at radius 1 is 1.44 bits per heavy atom. The monoisotopic (exact) mass is 216 g/mol. The van der Waals surface area contributed by atoms with Crippen LogP contribution in [0.2, 0.25) is 0 Å². The van der Waals surface area contributed by atoms with Gasteiger partial charge in [0.2, 0.25) is 5.91 Å². The molecule has 0 aliphatic carbocycles. The molecule has 0 aliphatic rings. The topological polar surface area (TPSA) is 44.1 Å². The van der Waals surface area contributed by atoms with Crippen molar-refractivity contribution in [2.24, 2.45) is 0 Å². The average Bonchev–Trinajstić information content (AvgIpc) is 2.25. The highest BCUT2D eigenvalue weighted by molar-refractivity contribution is 5.93. The molecule has 0 unspecified atom stereocenters. The Bertz CT molecular complexity index is 432. The molecule has 1 aromatic carbocycles. The number of aryl methyl sites for hydroxylation is 2. The Hall–Kier alpha value is -1.82. The number of hydrogen-bond acceptors (Lipinski definition) is 2. The van der Waals surface area contributed by atoms with E-state index >= 15 is 0 Å². The third-order valence-electron chi connectivity index (χ3n) is 2.54. The van der Waals surface area contributed by atoms with Crippen molar-refractivity contribution in [1.82, 2.24) is 0 Å². The maximum absolute atomic E-state index is 11.7. The summed E-state index contributed by atoms with van der Waals surface area (Å²) in [7, 11) is 1.75. The Morgan fingerprint density at radius 3 is 2.69 bits per heavy atom. The Labute approximate surface area is 96.3 Å². The maximum atomic E-state index is 11.7. The molecule has 0 saturated carbocycles. The van der Waals surface area contributed by atoms with E-state index in [0.29, 0.717) is 0 Å². The van der Waals surface area contributed by atoms with Gasteiger partial charge in [-0.25, -0.2) is 0 Å². The Kier molecular flexibility index (Phi) is 4.07. The van der Waals surface area contributed by atoms with Crippen LogP contribution in [0.1, 0.15) is 24.0 Å². The van der Waals surface area contributed by atoms with Crippen LogP contribution < -0.4 is 4.90 Å². The number of carbonyl (C=O) groups excluding carboxylic acids is 1. The van der Waals surface area contributed by atoms with Crippen molar-refractivity contribution in [2.45, 2.75) is 26.7 Å². The van der Waals surface area contributed by atoms with E-state index in [2.05, 4.69) is 0 Å². The first-order valence-electron chi connectivity index (χ1n) is 5.27. The van der Waals surface area contributed by atoms with Gasteiger partial charge in [-0.1, -0.05) is 17.7 Å². The standard InChI is InChI=1S/C13H16N2O/c1-10-6-7-12(11(2)9-10)15(3)13(16)5-4-8-14/h6-7,9H,4-5H2,1-3H3. The summed E-state index contributed by atoms with van der Waals surface area (Å²) in [6.45, 7) is 4.00. The lowest BCUT2D eigenvalue weighted by Gasteiger charge is -2.19. The van der Waals surface area contributed by atoms with Gasteiger partial charge in [-0.3, -0.25) is 4.79 Å². The molecule has 0 heterocycles. The molecule has 0 spiro atoms. The van der Waals surface area contributed by atoms with Gasteiger partial charge in [0.05, 0.1) is 6.07 Å². The molecule has 0 aliphatic heterocycles. The van der Waals surface area contributed by atoms with E-state index in [1.54, 1.807) is 11.9 Å². The number of hydrogen-bond donors (Lipinski definition) is 0. The van der Waals surface area contributed by atoms with Gasteiger partial charge in [0.25, 0.3) is 0 Å². The molecule has 84 valence electrons. The second kappa shape index (κ2) is 5.32. The van der Waals surface area contributed by atoms with E-state index in [0.717, 1.165) is 11.3 Å². The molecule has 0 radical (unpaired) electrons. The van der Waals surface area contributed by atoms with Gasteiger partial charge in [-0.05, 0) is 25.5 Å². The normalized spacial score (nSPS) is 9.62. The molecule has 0 saturated heterocycles. The van der Waals surface area contributed by atoms with E-state index in [4.69, 9.17) is 5.26 Å². The van der Waals surface area contributed by atoms with Crippen molar-refractivity contribution < 1.29 is 4.79 Å². The SMILES string of the molecule is Cc1ccc(N(C)C(=O)CCC#N)c(C)c1. The zero-order valence-corrected chi connectivity index (χ0v) is 9.95. The number of rotatable bonds is 3. The molecule has 3 nitrogen and oxygen atoms in total. The van der Waals surface area contributed by atoms with Gasteiger partial charge in [0.15, 0.2) is 0 Å². The van der Waals surface area contributed by atoms with Crippen LogP contribution in [0.4, 0.5) is 5.69 Å². The minimum atomic E-state index is -0.0199. The van der Waals surface area contributed by atoms with Crippen molar-refractivity contribution in [3.63, 3.8) is 0 Å². The molecule has 0 aromatic heterocycles. The van der Waals surface area contributed by atoms with Crippen molar-refractivity contribution >= 4 is 11.6 Å². The van der Waals surface area contributed by atoms with Crippen molar-refractivity contribution in [2.75, 3.05) is 11.9 Å². The minimum absolute atomic E-state index is 0.0199. The van der Waals surface area contributed by atoms with Crippen LogP contribution in [0.25, 0.3) is 0 Å². The number of amides is 1. The number of anilines is 1. The fraction of sp³-hybridized carbons (Fsp3) is 0.385. The third kappa shape index (κ3) is 2.83. The highest BCUT2D eigenvalue weighted by atomic mass is 16.2. The molecule has 1 rings (SSSR count). The number of carbonyl (C=O) groups is 1. The summed E-state index contributed by atoms with van der Waals surface area (Å²) in [5.41, 5.74) is 3.17. The molecular formula is C13H16N2O. The van der Waals surface area contributed by atoms with Gasteiger partial charge in [-0.15, -0.1) is 0 Å².